The lowest BCUT2D eigenvalue weighted by Gasteiger charge is -2.29. The Morgan fingerprint density at radius 3 is 2.47 bits per heavy atom. The van der Waals surface area contributed by atoms with E-state index < -0.39 is 16.7 Å². The molecule has 10 heteroatoms. The molecule has 0 amide bonds. The molecule has 2 heterocycles. The quantitative estimate of drug-likeness (QED) is 0.396. The summed E-state index contributed by atoms with van der Waals surface area (Å²) in [5.74, 6) is 0.101. The molecule has 1 fully saturated rings. The van der Waals surface area contributed by atoms with Gasteiger partial charge in [-0.2, -0.15) is 13.2 Å². The summed E-state index contributed by atoms with van der Waals surface area (Å²) < 4.78 is 39.9. The molecule has 1 N–H and O–H groups in total. The summed E-state index contributed by atoms with van der Waals surface area (Å²) in [4.78, 5) is 21.4. The van der Waals surface area contributed by atoms with Crippen LogP contribution in [-0.2, 0) is 6.18 Å². The Labute approximate surface area is 182 Å². The van der Waals surface area contributed by atoms with E-state index in [1.807, 2.05) is 0 Å². The molecule has 1 saturated heterocycles. The zero-order valence-electron chi connectivity index (χ0n) is 17.0. The first-order valence-corrected chi connectivity index (χ1v) is 10.1. The predicted octanol–water partition coefficient (Wildman–Crippen LogP) is 5.80. The molecule has 7 nitrogen and oxygen atoms in total. The van der Waals surface area contributed by atoms with Crippen molar-refractivity contribution in [3.05, 3.63) is 70.5 Å². The SMILES string of the molecule is O=[N+]([O-])c1ccc(N2CCCCC2)cc1-c1cc(Nc2ccccc2C(F)(F)F)ncn1. The van der Waals surface area contributed by atoms with Gasteiger partial charge in [-0.1, -0.05) is 12.1 Å². The minimum atomic E-state index is -4.54. The van der Waals surface area contributed by atoms with Crippen LogP contribution >= 0.6 is 0 Å². The normalized spacial score (nSPS) is 14.3. The number of alkyl halides is 3. The number of aromatic nitrogens is 2. The molecule has 3 aromatic rings. The van der Waals surface area contributed by atoms with Crippen molar-refractivity contribution in [1.29, 1.82) is 0 Å². The minimum absolute atomic E-state index is 0.101. The fourth-order valence-electron chi connectivity index (χ4n) is 3.79. The second kappa shape index (κ2) is 8.81. The van der Waals surface area contributed by atoms with E-state index in [9.17, 15) is 23.3 Å². The molecule has 0 aliphatic carbocycles. The third kappa shape index (κ3) is 4.63. The summed E-state index contributed by atoms with van der Waals surface area (Å²) >= 11 is 0. The summed E-state index contributed by atoms with van der Waals surface area (Å²) in [7, 11) is 0. The Kier molecular flexibility index (Phi) is 5.93. The maximum Gasteiger partial charge on any atom is 0.418 e. The van der Waals surface area contributed by atoms with Gasteiger partial charge in [0.05, 0.1) is 27.4 Å². The Hall–Kier alpha value is -3.69. The van der Waals surface area contributed by atoms with Crippen LogP contribution < -0.4 is 10.2 Å². The third-order valence-electron chi connectivity index (χ3n) is 5.34. The van der Waals surface area contributed by atoms with Crippen molar-refractivity contribution in [3.63, 3.8) is 0 Å². The fourth-order valence-corrected chi connectivity index (χ4v) is 3.79. The molecule has 1 aromatic heterocycles. The van der Waals surface area contributed by atoms with Gasteiger partial charge in [-0.25, -0.2) is 9.97 Å². The standard InChI is InChI=1S/C22H20F3N5O2/c23-22(24,25)17-6-2-3-7-18(17)28-21-13-19(26-14-27-21)16-12-15(8-9-20(16)30(31)32)29-10-4-1-5-11-29/h2-3,6-9,12-14H,1,4-5,10-11H2,(H,26,27,28). The number of hydrogen-bond acceptors (Lipinski definition) is 6. The lowest BCUT2D eigenvalue weighted by Crippen LogP contribution is -2.29. The number of hydrogen-bond donors (Lipinski definition) is 1. The maximum atomic E-state index is 13.3. The first-order valence-electron chi connectivity index (χ1n) is 10.1. The number of piperidine rings is 1. The Morgan fingerprint density at radius 1 is 1.00 bits per heavy atom. The van der Waals surface area contributed by atoms with Crippen molar-refractivity contribution in [2.24, 2.45) is 0 Å². The number of nitrogens with one attached hydrogen (secondary N) is 1. The van der Waals surface area contributed by atoms with Crippen molar-refractivity contribution >= 4 is 22.9 Å². The molecular weight excluding hydrogens is 423 g/mol. The number of benzene rings is 2. The summed E-state index contributed by atoms with van der Waals surface area (Å²) in [6.45, 7) is 1.73. The van der Waals surface area contributed by atoms with Gasteiger partial charge in [0.15, 0.2) is 0 Å². The Bertz CT molecular complexity index is 1130. The van der Waals surface area contributed by atoms with E-state index in [4.69, 9.17) is 0 Å². The number of para-hydroxylation sites is 1. The van der Waals surface area contributed by atoms with Crippen LogP contribution in [0.3, 0.4) is 0 Å². The largest absolute Gasteiger partial charge is 0.418 e. The monoisotopic (exact) mass is 443 g/mol. The first kappa shape index (κ1) is 21.5. The van der Waals surface area contributed by atoms with Crippen LogP contribution in [0.5, 0.6) is 0 Å². The molecule has 0 spiro atoms. The fraction of sp³-hybridized carbons (Fsp3) is 0.273. The second-order valence-electron chi connectivity index (χ2n) is 7.46. The molecular formula is C22H20F3N5O2. The average Bonchev–Trinajstić information content (AvgIpc) is 2.79. The van der Waals surface area contributed by atoms with Gasteiger partial charge < -0.3 is 10.2 Å². The molecule has 0 unspecified atom stereocenters. The number of nitro groups is 1. The van der Waals surface area contributed by atoms with Gasteiger partial charge in [0.25, 0.3) is 5.69 Å². The zero-order valence-corrected chi connectivity index (χ0v) is 17.0. The van der Waals surface area contributed by atoms with E-state index >= 15 is 0 Å². The van der Waals surface area contributed by atoms with Gasteiger partial charge in [0, 0.05) is 30.9 Å². The predicted molar refractivity (Wildman–Crippen MR) is 115 cm³/mol. The van der Waals surface area contributed by atoms with Crippen LogP contribution in [0.25, 0.3) is 11.3 Å². The highest BCUT2D eigenvalue weighted by Crippen LogP contribution is 2.37. The maximum absolute atomic E-state index is 13.3. The van der Waals surface area contributed by atoms with Gasteiger partial charge in [0.1, 0.15) is 12.1 Å². The van der Waals surface area contributed by atoms with E-state index in [1.165, 1.54) is 36.7 Å². The molecule has 2 aromatic carbocycles. The highest BCUT2D eigenvalue weighted by Gasteiger charge is 2.33. The zero-order chi connectivity index (χ0) is 22.7. The van der Waals surface area contributed by atoms with Gasteiger partial charge in [-0.15, -0.1) is 0 Å². The summed E-state index contributed by atoms with van der Waals surface area (Å²) in [6.07, 6.45) is -0.123. The van der Waals surface area contributed by atoms with E-state index in [0.29, 0.717) is 0 Å². The van der Waals surface area contributed by atoms with Crippen molar-refractivity contribution in [1.82, 2.24) is 9.97 Å². The van der Waals surface area contributed by atoms with E-state index in [-0.39, 0.29) is 28.5 Å². The Balaban J connectivity index is 1.71. The van der Waals surface area contributed by atoms with Gasteiger partial charge in [-0.05, 0) is 43.5 Å². The van der Waals surface area contributed by atoms with Crippen LogP contribution in [0, 0.1) is 10.1 Å². The van der Waals surface area contributed by atoms with Crippen LogP contribution in [0.2, 0.25) is 0 Å². The van der Waals surface area contributed by atoms with Crippen LogP contribution in [0.15, 0.2) is 54.9 Å². The molecule has 166 valence electrons. The molecule has 4 rings (SSSR count). The lowest BCUT2D eigenvalue weighted by molar-refractivity contribution is -0.384. The van der Waals surface area contributed by atoms with Crippen molar-refractivity contribution in [2.75, 3.05) is 23.3 Å². The number of rotatable bonds is 5. The van der Waals surface area contributed by atoms with Crippen molar-refractivity contribution in [3.8, 4) is 11.3 Å². The number of halogens is 3. The third-order valence-corrected chi connectivity index (χ3v) is 5.34. The lowest BCUT2D eigenvalue weighted by atomic mass is 10.1. The van der Waals surface area contributed by atoms with Gasteiger partial charge in [-0.3, -0.25) is 10.1 Å². The van der Waals surface area contributed by atoms with Crippen molar-refractivity contribution in [2.45, 2.75) is 25.4 Å². The minimum Gasteiger partial charge on any atom is -0.372 e. The van der Waals surface area contributed by atoms with E-state index in [1.54, 1.807) is 12.1 Å². The van der Waals surface area contributed by atoms with Gasteiger partial charge >= 0.3 is 6.18 Å². The number of nitro benzene ring substituents is 1. The topological polar surface area (TPSA) is 84.2 Å². The average molecular weight is 443 g/mol. The first-order chi connectivity index (χ1) is 15.3. The smallest absolute Gasteiger partial charge is 0.372 e. The molecule has 0 saturated carbocycles. The summed E-state index contributed by atoms with van der Waals surface area (Å²) in [6, 6.07) is 11.3. The molecule has 1 aliphatic rings. The van der Waals surface area contributed by atoms with Gasteiger partial charge in [0.2, 0.25) is 0 Å². The van der Waals surface area contributed by atoms with Crippen LogP contribution in [-0.4, -0.2) is 28.0 Å². The van der Waals surface area contributed by atoms with E-state index in [2.05, 4.69) is 20.2 Å². The number of nitrogens with zero attached hydrogens (tertiary/aromatic N) is 4. The molecule has 1 aliphatic heterocycles. The summed E-state index contributed by atoms with van der Waals surface area (Å²) in [5.41, 5.74) is 0.247. The highest BCUT2D eigenvalue weighted by atomic mass is 19.4. The van der Waals surface area contributed by atoms with Crippen LogP contribution in [0.1, 0.15) is 24.8 Å². The summed E-state index contributed by atoms with van der Waals surface area (Å²) in [5, 5.41) is 14.3. The molecule has 0 bridgehead atoms. The molecule has 32 heavy (non-hydrogen) atoms. The van der Waals surface area contributed by atoms with Crippen LogP contribution in [0.4, 0.5) is 36.1 Å². The second-order valence-corrected chi connectivity index (χ2v) is 7.46. The highest BCUT2D eigenvalue weighted by molar-refractivity contribution is 5.77. The Morgan fingerprint density at radius 2 is 1.75 bits per heavy atom. The molecule has 0 radical (unpaired) electrons. The molecule has 0 atom stereocenters. The number of anilines is 3. The van der Waals surface area contributed by atoms with Crippen molar-refractivity contribution < 1.29 is 18.1 Å². The van der Waals surface area contributed by atoms with E-state index in [0.717, 1.165) is 44.1 Å².